The van der Waals surface area contributed by atoms with Crippen molar-refractivity contribution in [2.45, 2.75) is 38.0 Å². The Labute approximate surface area is 157 Å². The summed E-state index contributed by atoms with van der Waals surface area (Å²) in [6.45, 7) is 5.18. The van der Waals surface area contributed by atoms with E-state index in [2.05, 4.69) is 5.32 Å². The molecule has 0 unspecified atom stereocenters. The zero-order valence-corrected chi connectivity index (χ0v) is 16.0. The van der Waals surface area contributed by atoms with Gasteiger partial charge in [-0.1, -0.05) is 13.0 Å². The Morgan fingerprint density at radius 1 is 1.27 bits per heavy atom. The van der Waals surface area contributed by atoms with Crippen LogP contribution in [0.4, 0.5) is 4.39 Å². The van der Waals surface area contributed by atoms with E-state index in [9.17, 15) is 18.8 Å². The molecule has 1 aliphatic heterocycles. The molecule has 1 N–H and O–H groups in total. The van der Waals surface area contributed by atoms with Gasteiger partial charge < -0.3 is 10.2 Å². The summed E-state index contributed by atoms with van der Waals surface area (Å²) in [5.74, 6) is -0.555. The first kappa shape index (κ1) is 20.4. The number of halogens is 1. The molecule has 1 aromatic carbocycles. The molecule has 0 radical (unpaired) electrons. The van der Waals surface area contributed by atoms with Gasteiger partial charge in [0.1, 0.15) is 5.82 Å². The molecule has 0 aliphatic carbocycles. The fourth-order valence-electron chi connectivity index (χ4n) is 2.85. The van der Waals surface area contributed by atoms with Crippen molar-refractivity contribution in [2.24, 2.45) is 5.92 Å². The van der Waals surface area contributed by atoms with Gasteiger partial charge in [0.2, 0.25) is 11.8 Å². The van der Waals surface area contributed by atoms with Crippen molar-refractivity contribution >= 4 is 29.4 Å². The molecular formula is C19H25FN2O3S. The van der Waals surface area contributed by atoms with Crippen molar-refractivity contribution in [1.29, 1.82) is 0 Å². The summed E-state index contributed by atoms with van der Waals surface area (Å²) < 4.78 is 14.0. The fourth-order valence-corrected chi connectivity index (χ4v) is 3.67. The van der Waals surface area contributed by atoms with Crippen molar-refractivity contribution < 1.29 is 18.8 Å². The number of carbonyl (C=O) groups excluding carboxylic acids is 3. The lowest BCUT2D eigenvalue weighted by atomic mass is 9.96. The van der Waals surface area contributed by atoms with E-state index in [1.54, 1.807) is 11.0 Å². The number of benzene rings is 1. The first-order valence-electron chi connectivity index (χ1n) is 8.91. The normalized spacial score (nSPS) is 15.0. The molecule has 1 heterocycles. The van der Waals surface area contributed by atoms with Crippen LogP contribution in [-0.2, 0) is 9.59 Å². The predicted molar refractivity (Wildman–Crippen MR) is 99.7 cm³/mol. The van der Waals surface area contributed by atoms with Crippen LogP contribution in [0, 0.1) is 11.7 Å². The number of nitrogens with one attached hydrogen (secondary N) is 1. The van der Waals surface area contributed by atoms with Crippen LogP contribution < -0.4 is 5.32 Å². The van der Waals surface area contributed by atoms with Crippen LogP contribution in [0.5, 0.6) is 0 Å². The number of hydrogen-bond acceptors (Lipinski definition) is 4. The fraction of sp³-hybridized carbons (Fsp3) is 0.526. The molecule has 1 fully saturated rings. The highest BCUT2D eigenvalue weighted by atomic mass is 32.2. The van der Waals surface area contributed by atoms with Crippen molar-refractivity contribution in [1.82, 2.24) is 10.2 Å². The summed E-state index contributed by atoms with van der Waals surface area (Å²) >= 11 is 1.13. The summed E-state index contributed by atoms with van der Waals surface area (Å²) in [7, 11) is 0. The highest BCUT2D eigenvalue weighted by molar-refractivity contribution is 8.00. The first-order chi connectivity index (χ1) is 12.4. The van der Waals surface area contributed by atoms with Crippen molar-refractivity contribution in [3.05, 3.63) is 29.6 Å². The topological polar surface area (TPSA) is 66.5 Å². The second-order valence-electron chi connectivity index (χ2n) is 6.44. The van der Waals surface area contributed by atoms with Gasteiger partial charge in [-0.05, 0) is 38.3 Å². The van der Waals surface area contributed by atoms with Crippen LogP contribution in [-0.4, -0.2) is 47.9 Å². The number of nitrogens with zero attached hydrogens (tertiary/aromatic N) is 1. The molecule has 0 saturated carbocycles. The average Bonchev–Trinajstić information content (AvgIpc) is 2.64. The molecule has 2 rings (SSSR count). The largest absolute Gasteiger partial charge is 0.356 e. The summed E-state index contributed by atoms with van der Waals surface area (Å²) in [5.41, 5.74) is 0.321. The van der Waals surface area contributed by atoms with Gasteiger partial charge in [0.15, 0.2) is 5.78 Å². The zero-order valence-electron chi connectivity index (χ0n) is 15.2. The van der Waals surface area contributed by atoms with E-state index >= 15 is 0 Å². The summed E-state index contributed by atoms with van der Waals surface area (Å²) in [6.07, 6.45) is 2.23. The average molecular weight is 380 g/mol. The molecule has 142 valence electrons. The number of piperidine rings is 1. The number of carbonyl (C=O) groups is 3. The number of thioether (sulfide) groups is 1. The molecular weight excluding hydrogens is 355 g/mol. The van der Waals surface area contributed by atoms with Crippen LogP contribution in [0.1, 0.15) is 43.5 Å². The lowest BCUT2D eigenvalue weighted by Crippen LogP contribution is -2.43. The number of likely N-dealkylation sites (tertiary alicyclic amines) is 1. The Balaban J connectivity index is 1.81. The lowest BCUT2D eigenvalue weighted by molar-refractivity contribution is -0.133. The van der Waals surface area contributed by atoms with Crippen LogP contribution in [0.15, 0.2) is 23.1 Å². The maximum absolute atomic E-state index is 14.0. The second-order valence-corrected chi connectivity index (χ2v) is 7.45. The molecule has 26 heavy (non-hydrogen) atoms. The van der Waals surface area contributed by atoms with Crippen LogP contribution in [0.25, 0.3) is 0 Å². The van der Waals surface area contributed by atoms with E-state index in [-0.39, 0.29) is 29.3 Å². The summed E-state index contributed by atoms with van der Waals surface area (Å²) in [6, 6.07) is 4.31. The molecule has 0 spiro atoms. The molecule has 7 heteroatoms. The van der Waals surface area contributed by atoms with E-state index in [0.29, 0.717) is 42.9 Å². The van der Waals surface area contributed by atoms with Gasteiger partial charge in [-0.25, -0.2) is 4.39 Å². The highest BCUT2D eigenvalue weighted by Crippen LogP contribution is 2.24. The lowest BCUT2D eigenvalue weighted by Gasteiger charge is -2.31. The number of amides is 2. The zero-order chi connectivity index (χ0) is 19.1. The number of Topliss-reactive ketones (excluding diaryl/α,β-unsaturated/α-hetero) is 1. The molecule has 5 nitrogen and oxygen atoms in total. The molecule has 1 aromatic rings. The second kappa shape index (κ2) is 9.71. The number of rotatable bonds is 7. The van der Waals surface area contributed by atoms with Gasteiger partial charge in [-0.15, -0.1) is 11.8 Å². The minimum atomic E-state index is -0.484. The monoisotopic (exact) mass is 380 g/mol. The van der Waals surface area contributed by atoms with Gasteiger partial charge in [0, 0.05) is 36.0 Å². The van der Waals surface area contributed by atoms with Gasteiger partial charge in [0.25, 0.3) is 0 Å². The molecule has 1 aliphatic rings. The third-order valence-electron chi connectivity index (χ3n) is 4.46. The van der Waals surface area contributed by atoms with Crippen LogP contribution in [0.2, 0.25) is 0 Å². The quantitative estimate of drug-likeness (QED) is 0.583. The predicted octanol–water partition coefficient (Wildman–Crippen LogP) is 2.89. The van der Waals surface area contributed by atoms with Gasteiger partial charge >= 0.3 is 0 Å². The van der Waals surface area contributed by atoms with E-state index in [1.807, 2.05) is 6.92 Å². The summed E-state index contributed by atoms with van der Waals surface area (Å²) in [4.78, 5) is 37.7. The van der Waals surface area contributed by atoms with Gasteiger partial charge in [-0.2, -0.15) is 0 Å². The number of hydrogen-bond donors (Lipinski definition) is 1. The van der Waals surface area contributed by atoms with Crippen LogP contribution in [0.3, 0.4) is 0 Å². The minimum Gasteiger partial charge on any atom is -0.356 e. The van der Waals surface area contributed by atoms with E-state index < -0.39 is 5.82 Å². The Hall–Kier alpha value is -1.89. The highest BCUT2D eigenvalue weighted by Gasteiger charge is 2.27. The van der Waals surface area contributed by atoms with E-state index in [1.165, 1.54) is 19.1 Å². The van der Waals surface area contributed by atoms with E-state index in [0.717, 1.165) is 18.2 Å². The first-order valence-corrected chi connectivity index (χ1v) is 9.89. The Morgan fingerprint density at radius 2 is 1.96 bits per heavy atom. The van der Waals surface area contributed by atoms with Gasteiger partial charge in [-0.3, -0.25) is 14.4 Å². The SMILES string of the molecule is CCCNC(=O)C1CCN(C(=O)CSc2ccc(C(C)=O)cc2F)CC1. The Morgan fingerprint density at radius 3 is 2.54 bits per heavy atom. The Bertz CT molecular complexity index is 673. The molecule has 0 bridgehead atoms. The van der Waals surface area contributed by atoms with Crippen molar-refractivity contribution in [3.8, 4) is 0 Å². The molecule has 0 atom stereocenters. The van der Waals surface area contributed by atoms with E-state index in [4.69, 9.17) is 0 Å². The molecule has 0 aromatic heterocycles. The Kier molecular flexibility index (Phi) is 7.63. The van der Waals surface area contributed by atoms with Crippen molar-refractivity contribution in [3.63, 3.8) is 0 Å². The molecule has 2 amide bonds. The van der Waals surface area contributed by atoms with Crippen LogP contribution >= 0.6 is 11.8 Å². The summed E-state index contributed by atoms with van der Waals surface area (Å²) in [5, 5.41) is 2.90. The molecule has 1 saturated heterocycles. The van der Waals surface area contributed by atoms with Crippen molar-refractivity contribution in [2.75, 3.05) is 25.4 Å². The third kappa shape index (κ3) is 5.56. The maximum Gasteiger partial charge on any atom is 0.232 e. The smallest absolute Gasteiger partial charge is 0.232 e. The number of ketones is 1. The van der Waals surface area contributed by atoms with Gasteiger partial charge in [0.05, 0.1) is 5.75 Å². The standard InChI is InChI=1S/C19H25FN2O3S/c1-3-8-21-19(25)14-6-9-22(10-7-14)18(24)12-26-17-5-4-15(13(2)23)11-16(17)20/h4-5,11,14H,3,6-10,12H2,1-2H3,(H,21,25). The minimum absolute atomic E-state index is 0.0326. The maximum atomic E-state index is 14.0. The third-order valence-corrected chi connectivity index (χ3v) is 5.49.